The van der Waals surface area contributed by atoms with E-state index in [-0.39, 0.29) is 11.6 Å². The van der Waals surface area contributed by atoms with Crippen LogP contribution in [0.15, 0.2) is 42.7 Å². The molecule has 0 unspecified atom stereocenters. The average molecular weight is 425 g/mol. The number of hydrogen-bond donors (Lipinski definition) is 0. The van der Waals surface area contributed by atoms with Crippen LogP contribution in [0.4, 0.5) is 8.78 Å². The predicted octanol–water partition coefficient (Wildman–Crippen LogP) is 3.11. The minimum atomic E-state index is -2.81. The Morgan fingerprint density at radius 3 is 2.35 bits per heavy atom. The summed E-state index contributed by atoms with van der Waals surface area (Å²) in [5.41, 5.74) is 2.81. The second kappa shape index (κ2) is 7.40. The predicted molar refractivity (Wildman–Crippen MR) is 109 cm³/mol. The van der Waals surface area contributed by atoms with E-state index in [1.54, 1.807) is 16.8 Å². The van der Waals surface area contributed by atoms with Crippen molar-refractivity contribution in [1.82, 2.24) is 24.4 Å². The van der Waals surface area contributed by atoms with Crippen LogP contribution in [0.25, 0.3) is 16.8 Å². The molecule has 2 saturated heterocycles. The van der Waals surface area contributed by atoms with Crippen LogP contribution in [-0.2, 0) is 0 Å². The zero-order chi connectivity index (χ0) is 21.6. The maximum atomic E-state index is 13.0. The molecule has 2 amide bonds. The number of aromatic nitrogens is 3. The van der Waals surface area contributed by atoms with Gasteiger partial charge in [-0.05, 0) is 43.5 Å². The van der Waals surface area contributed by atoms with Gasteiger partial charge in [0.25, 0.3) is 17.7 Å². The number of halogens is 2. The lowest BCUT2D eigenvalue weighted by Crippen LogP contribution is -2.58. The number of alkyl halides is 2. The first-order valence-electron chi connectivity index (χ1n) is 10.3. The van der Waals surface area contributed by atoms with Gasteiger partial charge in [0.05, 0.1) is 36.1 Å². The topological polar surface area (TPSA) is 70.8 Å². The zero-order valence-corrected chi connectivity index (χ0v) is 16.8. The highest BCUT2D eigenvalue weighted by Crippen LogP contribution is 2.28. The Balaban J connectivity index is 1.41. The van der Waals surface area contributed by atoms with Gasteiger partial charge < -0.3 is 9.80 Å². The SMILES string of the molecule is O=C(c1ccc(-c2cccc3c(C(=O)N4CCCCC4)cnn23)cn1)N1CC(F)(F)C1. The molecule has 0 radical (unpaired) electrons. The van der Waals surface area contributed by atoms with Gasteiger partial charge in [-0.2, -0.15) is 5.10 Å². The van der Waals surface area contributed by atoms with Crippen molar-refractivity contribution in [2.45, 2.75) is 25.2 Å². The van der Waals surface area contributed by atoms with E-state index in [4.69, 9.17) is 0 Å². The van der Waals surface area contributed by atoms with Crippen LogP contribution < -0.4 is 0 Å². The Morgan fingerprint density at radius 1 is 0.903 bits per heavy atom. The lowest BCUT2D eigenvalue weighted by molar-refractivity contribution is -0.113. The van der Waals surface area contributed by atoms with Gasteiger partial charge in [-0.1, -0.05) is 6.07 Å². The molecule has 2 fully saturated rings. The van der Waals surface area contributed by atoms with Crippen molar-refractivity contribution in [3.8, 4) is 11.3 Å². The van der Waals surface area contributed by atoms with Crippen molar-refractivity contribution in [3.05, 3.63) is 54.0 Å². The van der Waals surface area contributed by atoms with Gasteiger partial charge in [0.15, 0.2) is 0 Å². The first-order chi connectivity index (χ1) is 14.9. The summed E-state index contributed by atoms with van der Waals surface area (Å²) < 4.78 is 27.7. The zero-order valence-electron chi connectivity index (χ0n) is 16.8. The second-order valence-corrected chi connectivity index (χ2v) is 8.07. The summed E-state index contributed by atoms with van der Waals surface area (Å²) in [5.74, 6) is -3.34. The molecule has 31 heavy (non-hydrogen) atoms. The smallest absolute Gasteiger partial charge is 0.282 e. The molecule has 0 bridgehead atoms. The van der Waals surface area contributed by atoms with Gasteiger partial charge in [-0.15, -0.1) is 0 Å². The molecular formula is C22H21F2N5O2. The number of nitrogens with zero attached hydrogens (tertiary/aromatic N) is 5. The maximum Gasteiger partial charge on any atom is 0.282 e. The van der Waals surface area contributed by atoms with Crippen LogP contribution in [0.3, 0.4) is 0 Å². The van der Waals surface area contributed by atoms with E-state index < -0.39 is 24.9 Å². The molecule has 2 aliphatic heterocycles. The van der Waals surface area contributed by atoms with E-state index in [9.17, 15) is 18.4 Å². The molecule has 3 aromatic rings. The van der Waals surface area contributed by atoms with E-state index in [1.165, 1.54) is 12.3 Å². The van der Waals surface area contributed by atoms with Crippen LogP contribution in [0.2, 0.25) is 0 Å². The molecule has 160 valence electrons. The number of carbonyl (C=O) groups is 2. The highest BCUT2D eigenvalue weighted by molar-refractivity contribution is 6.01. The lowest BCUT2D eigenvalue weighted by atomic mass is 10.1. The number of piperidine rings is 1. The van der Waals surface area contributed by atoms with Crippen LogP contribution >= 0.6 is 0 Å². The number of hydrogen-bond acceptors (Lipinski definition) is 4. The Morgan fingerprint density at radius 2 is 1.68 bits per heavy atom. The standard InChI is InChI=1S/C22H21F2N5O2/c23-22(24)13-28(14-22)21(31)17-8-7-15(11-25-17)18-5-4-6-19-16(12-26-29(18)19)20(30)27-9-2-1-3-10-27/h4-8,11-12H,1-3,9-10,13-14H2. The Bertz CT molecular complexity index is 1140. The third-order valence-corrected chi connectivity index (χ3v) is 5.83. The third-order valence-electron chi connectivity index (χ3n) is 5.83. The van der Waals surface area contributed by atoms with Crippen LogP contribution in [0, 0.1) is 0 Å². The van der Waals surface area contributed by atoms with Crippen molar-refractivity contribution >= 4 is 17.3 Å². The molecule has 2 aliphatic rings. The summed E-state index contributed by atoms with van der Waals surface area (Å²) in [7, 11) is 0. The summed E-state index contributed by atoms with van der Waals surface area (Å²) in [4.78, 5) is 32.3. The van der Waals surface area contributed by atoms with Crippen LogP contribution in [-0.4, -0.2) is 68.3 Å². The number of carbonyl (C=O) groups excluding carboxylic acids is 2. The number of rotatable bonds is 3. The van der Waals surface area contributed by atoms with E-state index >= 15 is 0 Å². The molecule has 5 heterocycles. The molecule has 0 N–H and O–H groups in total. The minimum absolute atomic E-state index is 0.0164. The summed E-state index contributed by atoms with van der Waals surface area (Å²) >= 11 is 0. The summed E-state index contributed by atoms with van der Waals surface area (Å²) in [6.07, 6.45) is 6.29. The van der Waals surface area contributed by atoms with E-state index in [1.807, 2.05) is 23.1 Å². The van der Waals surface area contributed by atoms with Crippen LogP contribution in [0.5, 0.6) is 0 Å². The van der Waals surface area contributed by atoms with E-state index in [0.29, 0.717) is 16.6 Å². The molecule has 9 heteroatoms. The molecule has 0 spiro atoms. The minimum Gasteiger partial charge on any atom is -0.339 e. The largest absolute Gasteiger partial charge is 0.339 e. The Hall–Kier alpha value is -3.36. The van der Waals surface area contributed by atoms with Gasteiger partial charge in [0.2, 0.25) is 0 Å². The summed E-state index contributed by atoms with van der Waals surface area (Å²) in [5, 5.41) is 4.42. The Labute approximate surface area is 177 Å². The normalized spacial score (nSPS) is 18.1. The van der Waals surface area contributed by atoms with Crippen molar-refractivity contribution in [3.63, 3.8) is 0 Å². The highest BCUT2D eigenvalue weighted by Gasteiger charge is 2.46. The van der Waals surface area contributed by atoms with Gasteiger partial charge >= 0.3 is 0 Å². The van der Waals surface area contributed by atoms with Gasteiger partial charge in [0.1, 0.15) is 5.69 Å². The third kappa shape index (κ3) is 3.54. The molecular weight excluding hydrogens is 404 g/mol. The molecule has 0 atom stereocenters. The molecule has 0 saturated carbocycles. The molecule has 5 rings (SSSR count). The fourth-order valence-corrected chi connectivity index (χ4v) is 4.15. The Kier molecular flexibility index (Phi) is 4.68. The van der Waals surface area contributed by atoms with Gasteiger partial charge in [0, 0.05) is 24.8 Å². The number of amides is 2. The number of fused-ring (bicyclic) bond motifs is 1. The second-order valence-electron chi connectivity index (χ2n) is 8.07. The monoisotopic (exact) mass is 425 g/mol. The molecule has 0 aliphatic carbocycles. The fraction of sp³-hybridized carbons (Fsp3) is 0.364. The maximum absolute atomic E-state index is 13.0. The van der Waals surface area contributed by atoms with Crippen molar-refractivity contribution < 1.29 is 18.4 Å². The first kappa shape index (κ1) is 19.6. The van der Waals surface area contributed by atoms with Crippen molar-refractivity contribution in [2.75, 3.05) is 26.2 Å². The number of likely N-dealkylation sites (tertiary alicyclic amines) is 2. The van der Waals surface area contributed by atoms with Gasteiger partial charge in [-0.3, -0.25) is 14.6 Å². The highest BCUT2D eigenvalue weighted by atomic mass is 19.3. The summed E-state index contributed by atoms with van der Waals surface area (Å²) in [6, 6.07) is 8.78. The van der Waals surface area contributed by atoms with E-state index in [2.05, 4.69) is 10.1 Å². The molecule has 0 aromatic carbocycles. The first-order valence-corrected chi connectivity index (χ1v) is 10.3. The molecule has 3 aromatic heterocycles. The van der Waals surface area contributed by atoms with Crippen LogP contribution in [0.1, 0.15) is 40.1 Å². The molecule has 7 nitrogen and oxygen atoms in total. The van der Waals surface area contributed by atoms with Crippen molar-refractivity contribution in [2.24, 2.45) is 0 Å². The average Bonchev–Trinajstić information content (AvgIpc) is 3.21. The quantitative estimate of drug-likeness (QED) is 0.647. The van der Waals surface area contributed by atoms with E-state index in [0.717, 1.165) is 42.9 Å². The van der Waals surface area contributed by atoms with Gasteiger partial charge in [-0.25, -0.2) is 13.3 Å². The van der Waals surface area contributed by atoms with Crippen molar-refractivity contribution in [1.29, 1.82) is 0 Å². The fourth-order valence-electron chi connectivity index (χ4n) is 4.15. The lowest BCUT2D eigenvalue weighted by Gasteiger charge is -2.38. The number of pyridine rings is 2. The summed E-state index contributed by atoms with van der Waals surface area (Å²) in [6.45, 7) is 0.377.